The first kappa shape index (κ1) is 18.0. The van der Waals surface area contributed by atoms with E-state index in [2.05, 4.69) is 30.7 Å². The Morgan fingerprint density at radius 3 is 2.52 bits per heavy atom. The largest absolute Gasteiger partial charge is 0.348 e. The molecule has 2 amide bonds. The summed E-state index contributed by atoms with van der Waals surface area (Å²) in [6.45, 7) is 3.82. The van der Waals surface area contributed by atoms with Gasteiger partial charge in [-0.25, -0.2) is 0 Å². The third-order valence-electron chi connectivity index (χ3n) is 6.54. The number of para-hydroxylation sites is 1. The Bertz CT molecular complexity index is 1120. The second kappa shape index (κ2) is 6.76. The number of amides is 2. The molecule has 5 rings (SSSR count). The Morgan fingerprint density at radius 1 is 1.03 bits per heavy atom. The number of aromatic nitrogens is 1. The molecular weight excluding hydrogens is 362 g/mol. The van der Waals surface area contributed by atoms with Crippen LogP contribution >= 0.6 is 0 Å². The predicted octanol–water partition coefficient (Wildman–Crippen LogP) is 3.65. The van der Waals surface area contributed by atoms with Crippen molar-refractivity contribution in [2.75, 3.05) is 19.6 Å². The molecule has 5 nitrogen and oxygen atoms in total. The SMILES string of the molecule is Cc1c([C@@H]2c3ccccc3C(=O)N2CC(=O)N2CCCC2)c2ccccc2n1C. The van der Waals surface area contributed by atoms with Gasteiger partial charge in [-0.2, -0.15) is 0 Å². The molecule has 1 atom stereocenters. The van der Waals surface area contributed by atoms with E-state index in [1.165, 1.54) is 0 Å². The number of fused-ring (bicyclic) bond motifs is 2. The summed E-state index contributed by atoms with van der Waals surface area (Å²) in [6, 6.07) is 15.8. The molecule has 1 saturated heterocycles. The van der Waals surface area contributed by atoms with Crippen LogP contribution in [0.3, 0.4) is 0 Å². The van der Waals surface area contributed by atoms with Crippen LogP contribution in [0.4, 0.5) is 0 Å². The summed E-state index contributed by atoms with van der Waals surface area (Å²) >= 11 is 0. The fourth-order valence-corrected chi connectivity index (χ4v) is 4.95. The van der Waals surface area contributed by atoms with Gasteiger partial charge >= 0.3 is 0 Å². The lowest BCUT2D eigenvalue weighted by Crippen LogP contribution is -2.41. The smallest absolute Gasteiger partial charge is 0.255 e. The molecule has 29 heavy (non-hydrogen) atoms. The normalized spacial score (nSPS) is 18.7. The summed E-state index contributed by atoms with van der Waals surface area (Å²) in [7, 11) is 2.06. The molecule has 1 fully saturated rings. The topological polar surface area (TPSA) is 45.6 Å². The number of carbonyl (C=O) groups excluding carboxylic acids is 2. The van der Waals surface area contributed by atoms with E-state index in [0.717, 1.165) is 53.7 Å². The molecular formula is C24H25N3O2. The van der Waals surface area contributed by atoms with Crippen LogP contribution in [0, 0.1) is 6.92 Å². The Morgan fingerprint density at radius 2 is 1.72 bits per heavy atom. The summed E-state index contributed by atoms with van der Waals surface area (Å²) in [4.78, 5) is 30.0. The molecule has 0 aliphatic carbocycles. The zero-order valence-electron chi connectivity index (χ0n) is 16.9. The zero-order chi connectivity index (χ0) is 20.1. The molecule has 3 heterocycles. The van der Waals surface area contributed by atoms with Crippen molar-refractivity contribution in [3.05, 3.63) is 70.9 Å². The van der Waals surface area contributed by atoms with E-state index < -0.39 is 0 Å². The van der Waals surface area contributed by atoms with E-state index in [-0.39, 0.29) is 24.4 Å². The summed E-state index contributed by atoms with van der Waals surface area (Å²) in [5.74, 6) is -0.00275. The Labute approximate surface area is 170 Å². The predicted molar refractivity (Wildman–Crippen MR) is 113 cm³/mol. The number of hydrogen-bond donors (Lipinski definition) is 0. The standard InChI is InChI=1S/C24H25N3O2/c1-16-22(19-11-5-6-12-20(19)25(16)2)23-17-9-3-4-10-18(17)24(29)27(23)15-21(28)26-13-7-8-14-26/h3-6,9-12,23H,7-8,13-15H2,1-2H3/t23-/m0/s1. The fraction of sp³-hybridized carbons (Fsp3) is 0.333. The van der Waals surface area contributed by atoms with Crippen LogP contribution in [0.25, 0.3) is 10.9 Å². The lowest BCUT2D eigenvalue weighted by atomic mass is 9.95. The van der Waals surface area contributed by atoms with E-state index >= 15 is 0 Å². The summed E-state index contributed by atoms with van der Waals surface area (Å²) in [6.07, 6.45) is 2.09. The number of benzene rings is 2. The van der Waals surface area contributed by atoms with Crippen molar-refractivity contribution in [3.8, 4) is 0 Å². The Kier molecular flexibility index (Phi) is 4.19. The maximum atomic E-state index is 13.3. The number of carbonyl (C=O) groups is 2. The number of aryl methyl sites for hydroxylation is 1. The van der Waals surface area contributed by atoms with Gasteiger partial charge in [0.25, 0.3) is 5.91 Å². The maximum absolute atomic E-state index is 13.3. The minimum atomic E-state index is -0.239. The third-order valence-corrected chi connectivity index (χ3v) is 6.54. The molecule has 2 aliphatic heterocycles. The molecule has 0 unspecified atom stereocenters. The van der Waals surface area contributed by atoms with Crippen molar-refractivity contribution in [2.45, 2.75) is 25.8 Å². The highest BCUT2D eigenvalue weighted by Gasteiger charge is 2.41. The second-order valence-electron chi connectivity index (χ2n) is 8.09. The number of nitrogens with zero attached hydrogens (tertiary/aromatic N) is 3. The van der Waals surface area contributed by atoms with Crippen LogP contribution in [-0.2, 0) is 11.8 Å². The highest BCUT2D eigenvalue weighted by atomic mass is 16.2. The monoisotopic (exact) mass is 387 g/mol. The number of hydrogen-bond acceptors (Lipinski definition) is 2. The van der Waals surface area contributed by atoms with Gasteiger partial charge in [-0.15, -0.1) is 0 Å². The van der Waals surface area contributed by atoms with Crippen LogP contribution in [0.15, 0.2) is 48.5 Å². The van der Waals surface area contributed by atoms with Crippen LogP contribution < -0.4 is 0 Å². The Balaban J connectivity index is 1.65. The first-order chi connectivity index (χ1) is 14.1. The molecule has 5 heteroatoms. The van der Waals surface area contributed by atoms with E-state index in [1.54, 1.807) is 4.90 Å². The van der Waals surface area contributed by atoms with Crippen LogP contribution in [0.1, 0.15) is 46.1 Å². The second-order valence-corrected chi connectivity index (χ2v) is 8.09. The van der Waals surface area contributed by atoms with Gasteiger partial charge in [0.05, 0.1) is 6.04 Å². The minimum absolute atomic E-state index is 0.0477. The van der Waals surface area contributed by atoms with Crippen molar-refractivity contribution >= 4 is 22.7 Å². The molecule has 148 valence electrons. The van der Waals surface area contributed by atoms with Crippen molar-refractivity contribution in [1.82, 2.24) is 14.4 Å². The van der Waals surface area contributed by atoms with Gasteiger partial charge in [0, 0.05) is 47.9 Å². The van der Waals surface area contributed by atoms with E-state index in [0.29, 0.717) is 5.56 Å². The highest BCUT2D eigenvalue weighted by Crippen LogP contribution is 2.43. The summed E-state index contributed by atoms with van der Waals surface area (Å²) in [5, 5.41) is 1.14. The van der Waals surface area contributed by atoms with Gasteiger partial charge in [-0.1, -0.05) is 36.4 Å². The molecule has 1 aromatic heterocycles. The number of likely N-dealkylation sites (tertiary alicyclic amines) is 1. The van der Waals surface area contributed by atoms with E-state index in [4.69, 9.17) is 0 Å². The number of rotatable bonds is 3. The average molecular weight is 387 g/mol. The minimum Gasteiger partial charge on any atom is -0.348 e. The van der Waals surface area contributed by atoms with Gasteiger partial charge in [-0.05, 0) is 37.5 Å². The zero-order valence-corrected chi connectivity index (χ0v) is 16.9. The van der Waals surface area contributed by atoms with Crippen LogP contribution in [0.5, 0.6) is 0 Å². The lowest BCUT2D eigenvalue weighted by molar-refractivity contribution is -0.131. The van der Waals surface area contributed by atoms with Gasteiger partial charge in [0.1, 0.15) is 6.54 Å². The first-order valence-corrected chi connectivity index (χ1v) is 10.3. The summed E-state index contributed by atoms with van der Waals surface area (Å²) in [5.41, 5.74) is 5.09. The maximum Gasteiger partial charge on any atom is 0.255 e. The summed E-state index contributed by atoms with van der Waals surface area (Å²) < 4.78 is 2.18. The average Bonchev–Trinajstić information content (AvgIpc) is 3.43. The molecule has 2 aliphatic rings. The van der Waals surface area contributed by atoms with Gasteiger partial charge in [-0.3, -0.25) is 9.59 Å². The molecule has 2 aromatic carbocycles. The quantitative estimate of drug-likeness (QED) is 0.689. The van der Waals surface area contributed by atoms with Crippen molar-refractivity contribution in [3.63, 3.8) is 0 Å². The van der Waals surface area contributed by atoms with E-state index in [9.17, 15) is 9.59 Å². The van der Waals surface area contributed by atoms with Gasteiger partial charge < -0.3 is 14.4 Å². The molecule has 0 saturated carbocycles. The van der Waals surface area contributed by atoms with Crippen molar-refractivity contribution < 1.29 is 9.59 Å². The first-order valence-electron chi connectivity index (χ1n) is 10.3. The van der Waals surface area contributed by atoms with E-state index in [1.807, 2.05) is 41.3 Å². The van der Waals surface area contributed by atoms with Gasteiger partial charge in [0.15, 0.2) is 0 Å². The highest BCUT2D eigenvalue weighted by molar-refractivity contribution is 6.02. The molecule has 0 radical (unpaired) electrons. The Hall–Kier alpha value is -3.08. The van der Waals surface area contributed by atoms with Gasteiger partial charge in [0.2, 0.25) is 5.91 Å². The van der Waals surface area contributed by atoms with Crippen molar-refractivity contribution in [2.24, 2.45) is 7.05 Å². The van der Waals surface area contributed by atoms with Crippen molar-refractivity contribution in [1.29, 1.82) is 0 Å². The third kappa shape index (κ3) is 2.68. The van der Waals surface area contributed by atoms with Crippen LogP contribution in [0.2, 0.25) is 0 Å². The molecule has 0 spiro atoms. The molecule has 0 N–H and O–H groups in total. The fourth-order valence-electron chi connectivity index (χ4n) is 4.95. The molecule has 0 bridgehead atoms. The molecule has 3 aromatic rings. The van der Waals surface area contributed by atoms with Crippen LogP contribution in [-0.4, -0.2) is 45.8 Å². The lowest BCUT2D eigenvalue weighted by Gasteiger charge is -2.28.